The number of aromatic nitrogens is 3. The van der Waals surface area contributed by atoms with Crippen molar-refractivity contribution in [3.05, 3.63) is 53.6 Å². The van der Waals surface area contributed by atoms with Crippen LogP contribution in [0.15, 0.2) is 42.6 Å². The predicted molar refractivity (Wildman–Crippen MR) is 78.8 cm³/mol. The van der Waals surface area contributed by atoms with Gasteiger partial charge in [-0.3, -0.25) is 4.40 Å². The molecule has 0 radical (unpaired) electrons. The van der Waals surface area contributed by atoms with Crippen molar-refractivity contribution in [2.75, 3.05) is 0 Å². The van der Waals surface area contributed by atoms with Crippen molar-refractivity contribution in [1.29, 1.82) is 0 Å². The molecule has 4 rings (SSSR count). The molecule has 3 aromatic heterocycles. The van der Waals surface area contributed by atoms with Crippen LogP contribution in [0.5, 0.6) is 0 Å². The summed E-state index contributed by atoms with van der Waals surface area (Å²) in [6, 6.07) is 9.99. The first kappa shape index (κ1) is 11.8. The van der Waals surface area contributed by atoms with Crippen LogP contribution in [-0.4, -0.2) is 14.4 Å². The number of pyridine rings is 1. The molecule has 0 atom stereocenters. The normalized spacial score (nSPS) is 11.5. The Hall–Kier alpha value is -1.98. The van der Waals surface area contributed by atoms with E-state index in [0.29, 0.717) is 5.15 Å². The van der Waals surface area contributed by atoms with Crippen molar-refractivity contribution in [2.24, 2.45) is 0 Å². The van der Waals surface area contributed by atoms with Gasteiger partial charge in [-0.2, -0.15) is 0 Å². The molecule has 0 aliphatic carbocycles. The van der Waals surface area contributed by atoms with Gasteiger partial charge < -0.3 is 0 Å². The Kier molecular flexibility index (Phi) is 2.52. The van der Waals surface area contributed by atoms with Crippen LogP contribution < -0.4 is 0 Å². The van der Waals surface area contributed by atoms with Crippen molar-refractivity contribution in [1.82, 2.24) is 14.4 Å². The van der Waals surface area contributed by atoms with Gasteiger partial charge in [0.05, 0.1) is 11.2 Å². The van der Waals surface area contributed by atoms with Gasteiger partial charge in [0, 0.05) is 11.8 Å². The molecule has 0 amide bonds. The average molecular weight is 304 g/mol. The maximum atomic E-state index is 12.9. The SMILES string of the molecule is Fc1ccc(-c2cn3c(n2)sc2nc(Cl)ccc23)cc1. The van der Waals surface area contributed by atoms with E-state index in [9.17, 15) is 4.39 Å². The fourth-order valence-electron chi connectivity index (χ4n) is 2.12. The summed E-state index contributed by atoms with van der Waals surface area (Å²) in [5.41, 5.74) is 2.67. The fraction of sp³-hybridized carbons (Fsp3) is 0. The second-order valence-corrected chi connectivity index (χ2v) is 5.69. The number of halogens is 2. The zero-order valence-electron chi connectivity index (χ0n) is 10.0. The lowest BCUT2D eigenvalue weighted by molar-refractivity contribution is 0.628. The number of benzene rings is 1. The summed E-state index contributed by atoms with van der Waals surface area (Å²) < 4.78 is 14.9. The van der Waals surface area contributed by atoms with Gasteiger partial charge in [0.1, 0.15) is 15.8 Å². The number of thiazole rings is 1. The summed E-state index contributed by atoms with van der Waals surface area (Å²) in [6.07, 6.45) is 1.93. The molecule has 3 heterocycles. The van der Waals surface area contributed by atoms with Crippen molar-refractivity contribution >= 4 is 38.2 Å². The van der Waals surface area contributed by atoms with E-state index in [0.717, 1.165) is 26.6 Å². The summed E-state index contributed by atoms with van der Waals surface area (Å²) in [7, 11) is 0. The van der Waals surface area contributed by atoms with Crippen LogP contribution in [0.3, 0.4) is 0 Å². The topological polar surface area (TPSA) is 30.2 Å². The molecule has 0 aliphatic rings. The zero-order valence-corrected chi connectivity index (χ0v) is 11.6. The van der Waals surface area contributed by atoms with E-state index in [-0.39, 0.29) is 5.82 Å². The van der Waals surface area contributed by atoms with Gasteiger partial charge in [-0.05, 0) is 36.4 Å². The van der Waals surface area contributed by atoms with Crippen LogP contribution >= 0.6 is 22.9 Å². The predicted octanol–water partition coefficient (Wildman–Crippen LogP) is 4.40. The third-order valence-electron chi connectivity index (χ3n) is 3.07. The number of imidazole rings is 1. The standard InChI is InChI=1S/C14H7ClFN3S/c15-12-6-5-11-13(18-12)20-14-17-10(7-19(11)14)8-1-3-9(16)4-2-8/h1-7H. The Morgan fingerprint density at radius 2 is 1.85 bits per heavy atom. The maximum Gasteiger partial charge on any atom is 0.196 e. The highest BCUT2D eigenvalue weighted by atomic mass is 35.5. The molecule has 98 valence electrons. The molecule has 0 unspecified atom stereocenters. The number of nitrogens with zero attached hydrogens (tertiary/aromatic N) is 3. The van der Waals surface area contributed by atoms with Crippen LogP contribution in [0, 0.1) is 5.82 Å². The van der Waals surface area contributed by atoms with Gasteiger partial charge in [0.2, 0.25) is 0 Å². The molecule has 0 saturated heterocycles. The molecule has 20 heavy (non-hydrogen) atoms. The second kappa shape index (κ2) is 4.26. The van der Waals surface area contributed by atoms with Crippen LogP contribution in [0.2, 0.25) is 5.15 Å². The molecular formula is C14H7ClFN3S. The van der Waals surface area contributed by atoms with Crippen molar-refractivity contribution in [2.45, 2.75) is 0 Å². The Balaban J connectivity index is 1.93. The lowest BCUT2D eigenvalue weighted by Gasteiger charge is -1.95. The van der Waals surface area contributed by atoms with Gasteiger partial charge >= 0.3 is 0 Å². The highest BCUT2D eigenvalue weighted by molar-refractivity contribution is 7.23. The van der Waals surface area contributed by atoms with E-state index in [2.05, 4.69) is 9.97 Å². The summed E-state index contributed by atoms with van der Waals surface area (Å²) in [5, 5.41) is 0.473. The van der Waals surface area contributed by atoms with Crippen molar-refractivity contribution in [3.8, 4) is 11.3 Å². The zero-order chi connectivity index (χ0) is 13.7. The molecule has 0 saturated carbocycles. The van der Waals surface area contributed by atoms with E-state index >= 15 is 0 Å². The summed E-state index contributed by atoms with van der Waals surface area (Å²) in [5.74, 6) is -0.251. The smallest absolute Gasteiger partial charge is 0.196 e. The van der Waals surface area contributed by atoms with Gasteiger partial charge in [0.15, 0.2) is 4.96 Å². The number of rotatable bonds is 1. The largest absolute Gasteiger partial charge is 0.288 e. The number of hydrogen-bond donors (Lipinski definition) is 0. The van der Waals surface area contributed by atoms with E-state index in [1.807, 2.05) is 16.7 Å². The molecule has 1 aromatic carbocycles. The molecule has 0 bridgehead atoms. The van der Waals surface area contributed by atoms with Crippen LogP contribution in [0.1, 0.15) is 0 Å². The average Bonchev–Trinajstić information content (AvgIpc) is 2.96. The number of fused-ring (bicyclic) bond motifs is 3. The Bertz CT molecular complexity index is 927. The fourth-order valence-corrected chi connectivity index (χ4v) is 3.30. The second-order valence-electron chi connectivity index (χ2n) is 4.35. The minimum Gasteiger partial charge on any atom is -0.288 e. The molecule has 3 nitrogen and oxygen atoms in total. The van der Waals surface area contributed by atoms with Gasteiger partial charge in [-0.15, -0.1) is 0 Å². The van der Waals surface area contributed by atoms with Gasteiger partial charge in [-0.25, -0.2) is 14.4 Å². The maximum absolute atomic E-state index is 12.9. The monoisotopic (exact) mass is 303 g/mol. The first-order valence-electron chi connectivity index (χ1n) is 5.91. The van der Waals surface area contributed by atoms with Crippen molar-refractivity contribution in [3.63, 3.8) is 0 Å². The van der Waals surface area contributed by atoms with E-state index in [4.69, 9.17) is 11.6 Å². The van der Waals surface area contributed by atoms with Crippen LogP contribution in [0.25, 0.3) is 26.6 Å². The molecule has 6 heteroatoms. The first-order chi connectivity index (χ1) is 9.70. The lowest BCUT2D eigenvalue weighted by atomic mass is 10.2. The summed E-state index contributed by atoms with van der Waals surface area (Å²) >= 11 is 7.36. The van der Waals surface area contributed by atoms with Crippen LogP contribution in [-0.2, 0) is 0 Å². The minimum atomic E-state index is -0.251. The first-order valence-corrected chi connectivity index (χ1v) is 7.10. The molecule has 0 aliphatic heterocycles. The molecular weight excluding hydrogens is 297 g/mol. The third-order valence-corrected chi connectivity index (χ3v) is 4.24. The molecule has 0 spiro atoms. The molecule has 0 fully saturated rings. The Morgan fingerprint density at radius 3 is 2.65 bits per heavy atom. The van der Waals surface area contributed by atoms with Gasteiger partial charge in [-0.1, -0.05) is 22.9 Å². The van der Waals surface area contributed by atoms with Crippen LogP contribution in [0.4, 0.5) is 4.39 Å². The van der Waals surface area contributed by atoms with Crippen molar-refractivity contribution < 1.29 is 4.39 Å². The Labute approximate surface area is 122 Å². The molecule has 0 N–H and O–H groups in total. The number of hydrogen-bond acceptors (Lipinski definition) is 3. The highest BCUT2D eigenvalue weighted by Gasteiger charge is 2.11. The quantitative estimate of drug-likeness (QED) is 0.488. The highest BCUT2D eigenvalue weighted by Crippen LogP contribution is 2.29. The van der Waals surface area contributed by atoms with E-state index in [1.165, 1.54) is 23.5 Å². The minimum absolute atomic E-state index is 0.251. The van der Waals surface area contributed by atoms with Gasteiger partial charge in [0.25, 0.3) is 0 Å². The summed E-state index contributed by atoms with van der Waals surface area (Å²) in [6.45, 7) is 0. The lowest BCUT2D eigenvalue weighted by Crippen LogP contribution is -1.80. The Morgan fingerprint density at radius 1 is 1.05 bits per heavy atom. The summed E-state index contributed by atoms with van der Waals surface area (Å²) in [4.78, 5) is 10.5. The van der Waals surface area contributed by atoms with E-state index in [1.54, 1.807) is 18.2 Å². The van der Waals surface area contributed by atoms with E-state index < -0.39 is 0 Å². The third kappa shape index (κ3) is 1.78. The molecule has 4 aromatic rings.